The van der Waals surface area contributed by atoms with Gasteiger partial charge in [0.05, 0.1) is 12.7 Å². The van der Waals surface area contributed by atoms with Crippen molar-refractivity contribution in [2.75, 3.05) is 12.4 Å². The highest BCUT2D eigenvalue weighted by Crippen LogP contribution is 2.34. The van der Waals surface area contributed by atoms with Gasteiger partial charge in [-0.2, -0.15) is 0 Å². The van der Waals surface area contributed by atoms with Crippen LogP contribution >= 0.6 is 0 Å². The molecule has 0 saturated heterocycles. The number of nitrogens with one attached hydrogen (secondary N) is 1. The summed E-state index contributed by atoms with van der Waals surface area (Å²) in [5.41, 5.74) is 0.988. The summed E-state index contributed by atoms with van der Waals surface area (Å²) in [6.07, 6.45) is 4.06. The van der Waals surface area contributed by atoms with Crippen LogP contribution in [0.15, 0.2) is 6.33 Å². The van der Waals surface area contributed by atoms with Crippen molar-refractivity contribution in [2.24, 2.45) is 11.8 Å². The highest BCUT2D eigenvalue weighted by molar-refractivity contribution is 5.48. The summed E-state index contributed by atoms with van der Waals surface area (Å²) in [4.78, 5) is 8.40. The zero-order valence-corrected chi connectivity index (χ0v) is 11.0. The van der Waals surface area contributed by atoms with Gasteiger partial charge in [-0.3, -0.25) is 0 Å². The number of anilines is 1. The fourth-order valence-corrected chi connectivity index (χ4v) is 2.53. The molecule has 2 rings (SSSR count). The van der Waals surface area contributed by atoms with E-state index in [2.05, 4.69) is 29.1 Å². The second kappa shape index (κ2) is 4.90. The zero-order valence-electron chi connectivity index (χ0n) is 11.0. The molecular formula is C13H21N3O. The SMILES string of the molecule is COc1ncnc(NC2CCC(C)C2C)c1C. The van der Waals surface area contributed by atoms with E-state index in [1.165, 1.54) is 12.8 Å². The molecule has 0 radical (unpaired) electrons. The molecule has 1 saturated carbocycles. The Balaban J connectivity index is 2.14. The van der Waals surface area contributed by atoms with Gasteiger partial charge in [-0.25, -0.2) is 9.97 Å². The van der Waals surface area contributed by atoms with Crippen LogP contribution < -0.4 is 10.1 Å². The van der Waals surface area contributed by atoms with Crippen molar-refractivity contribution in [3.63, 3.8) is 0 Å². The van der Waals surface area contributed by atoms with Gasteiger partial charge in [-0.15, -0.1) is 0 Å². The Morgan fingerprint density at radius 3 is 2.65 bits per heavy atom. The average molecular weight is 235 g/mol. The summed E-state index contributed by atoms with van der Waals surface area (Å²) >= 11 is 0. The second-order valence-corrected chi connectivity index (χ2v) is 5.02. The molecule has 0 aliphatic heterocycles. The van der Waals surface area contributed by atoms with E-state index >= 15 is 0 Å². The largest absolute Gasteiger partial charge is 0.481 e. The minimum absolute atomic E-state index is 0.517. The fourth-order valence-electron chi connectivity index (χ4n) is 2.53. The van der Waals surface area contributed by atoms with Gasteiger partial charge in [0.15, 0.2) is 0 Å². The van der Waals surface area contributed by atoms with E-state index in [9.17, 15) is 0 Å². The highest BCUT2D eigenvalue weighted by atomic mass is 16.5. The molecule has 0 amide bonds. The van der Waals surface area contributed by atoms with Crippen LogP contribution in [0.4, 0.5) is 5.82 Å². The monoisotopic (exact) mass is 235 g/mol. The maximum atomic E-state index is 5.21. The van der Waals surface area contributed by atoms with E-state index in [1.807, 2.05) is 6.92 Å². The molecule has 0 spiro atoms. The summed E-state index contributed by atoms with van der Waals surface area (Å²) in [5.74, 6) is 3.04. The van der Waals surface area contributed by atoms with Crippen LogP contribution in [0.1, 0.15) is 32.3 Å². The minimum atomic E-state index is 0.517. The number of methoxy groups -OCH3 is 1. The lowest BCUT2D eigenvalue weighted by molar-refractivity contribution is 0.393. The summed E-state index contributed by atoms with van der Waals surface area (Å²) in [6.45, 7) is 6.62. The number of nitrogens with zero attached hydrogens (tertiary/aromatic N) is 2. The van der Waals surface area contributed by atoms with Gasteiger partial charge in [-0.05, 0) is 31.6 Å². The zero-order chi connectivity index (χ0) is 12.4. The van der Waals surface area contributed by atoms with Gasteiger partial charge in [0.2, 0.25) is 5.88 Å². The predicted molar refractivity (Wildman–Crippen MR) is 68.3 cm³/mol. The van der Waals surface area contributed by atoms with Crippen molar-refractivity contribution >= 4 is 5.82 Å². The maximum absolute atomic E-state index is 5.21. The van der Waals surface area contributed by atoms with Gasteiger partial charge in [0.25, 0.3) is 0 Å². The molecule has 4 nitrogen and oxygen atoms in total. The van der Waals surface area contributed by atoms with Gasteiger partial charge in [0.1, 0.15) is 12.1 Å². The Labute approximate surface area is 103 Å². The van der Waals surface area contributed by atoms with Crippen molar-refractivity contribution in [2.45, 2.75) is 39.7 Å². The van der Waals surface area contributed by atoms with Gasteiger partial charge >= 0.3 is 0 Å². The fraction of sp³-hybridized carbons (Fsp3) is 0.692. The summed E-state index contributed by atoms with van der Waals surface area (Å²) in [7, 11) is 1.64. The van der Waals surface area contributed by atoms with Crippen molar-refractivity contribution in [1.82, 2.24) is 9.97 Å². The second-order valence-electron chi connectivity index (χ2n) is 5.02. The first-order valence-electron chi connectivity index (χ1n) is 6.25. The van der Waals surface area contributed by atoms with Crippen LogP contribution in [-0.4, -0.2) is 23.1 Å². The average Bonchev–Trinajstić information content (AvgIpc) is 2.64. The molecule has 4 heteroatoms. The molecule has 3 atom stereocenters. The number of ether oxygens (including phenoxy) is 1. The predicted octanol–water partition coefficient (Wildman–Crippen LogP) is 2.64. The van der Waals surface area contributed by atoms with Crippen LogP contribution in [-0.2, 0) is 0 Å². The smallest absolute Gasteiger partial charge is 0.221 e. The molecule has 1 aromatic rings. The van der Waals surface area contributed by atoms with Gasteiger partial charge in [0, 0.05) is 6.04 Å². The molecule has 94 valence electrons. The van der Waals surface area contributed by atoms with Gasteiger partial charge < -0.3 is 10.1 Å². The Morgan fingerprint density at radius 2 is 2.06 bits per heavy atom. The number of hydrogen-bond acceptors (Lipinski definition) is 4. The topological polar surface area (TPSA) is 47.0 Å². The Bertz CT molecular complexity index is 394. The lowest BCUT2D eigenvalue weighted by Gasteiger charge is -2.21. The van der Waals surface area contributed by atoms with Crippen molar-refractivity contribution in [3.8, 4) is 5.88 Å². The van der Waals surface area contributed by atoms with Crippen molar-refractivity contribution < 1.29 is 4.74 Å². The normalized spacial score (nSPS) is 28.1. The molecule has 0 bridgehead atoms. The third kappa shape index (κ3) is 2.35. The molecular weight excluding hydrogens is 214 g/mol. The number of rotatable bonds is 3. The molecule has 1 aliphatic rings. The first-order valence-corrected chi connectivity index (χ1v) is 6.25. The molecule has 0 aromatic carbocycles. The maximum Gasteiger partial charge on any atom is 0.221 e. The molecule has 1 heterocycles. The van der Waals surface area contributed by atoms with E-state index in [1.54, 1.807) is 13.4 Å². The molecule has 1 N–H and O–H groups in total. The minimum Gasteiger partial charge on any atom is -0.481 e. The molecule has 1 aliphatic carbocycles. The van der Waals surface area contributed by atoms with E-state index < -0.39 is 0 Å². The summed E-state index contributed by atoms with van der Waals surface area (Å²) < 4.78 is 5.21. The number of aromatic nitrogens is 2. The van der Waals surface area contributed by atoms with E-state index in [0.29, 0.717) is 17.8 Å². The standard InChI is InChI=1S/C13H21N3O/c1-8-5-6-11(9(8)2)16-12-10(3)13(17-4)15-7-14-12/h7-9,11H,5-6H2,1-4H3,(H,14,15,16). The molecule has 1 aromatic heterocycles. The number of hydrogen-bond donors (Lipinski definition) is 1. The first-order chi connectivity index (χ1) is 8.13. The van der Waals surface area contributed by atoms with Crippen LogP contribution in [0.3, 0.4) is 0 Å². The van der Waals surface area contributed by atoms with E-state index in [-0.39, 0.29) is 0 Å². The Kier molecular flexibility index (Phi) is 3.50. The molecule has 17 heavy (non-hydrogen) atoms. The van der Waals surface area contributed by atoms with Crippen LogP contribution in [0, 0.1) is 18.8 Å². The molecule has 1 fully saturated rings. The third-order valence-electron chi connectivity index (χ3n) is 4.02. The summed E-state index contributed by atoms with van der Waals surface area (Å²) in [6, 6.07) is 0.517. The van der Waals surface area contributed by atoms with E-state index in [4.69, 9.17) is 4.74 Å². The third-order valence-corrected chi connectivity index (χ3v) is 4.02. The van der Waals surface area contributed by atoms with Crippen molar-refractivity contribution in [1.29, 1.82) is 0 Å². The highest BCUT2D eigenvalue weighted by Gasteiger charge is 2.30. The Hall–Kier alpha value is -1.32. The first kappa shape index (κ1) is 12.1. The van der Waals surface area contributed by atoms with E-state index in [0.717, 1.165) is 17.3 Å². The van der Waals surface area contributed by atoms with Crippen LogP contribution in [0.2, 0.25) is 0 Å². The lowest BCUT2D eigenvalue weighted by Crippen LogP contribution is -2.25. The van der Waals surface area contributed by atoms with Crippen molar-refractivity contribution in [3.05, 3.63) is 11.9 Å². The molecule has 3 unspecified atom stereocenters. The van der Waals surface area contributed by atoms with Gasteiger partial charge in [-0.1, -0.05) is 13.8 Å². The Morgan fingerprint density at radius 1 is 1.29 bits per heavy atom. The van der Waals surface area contributed by atoms with Crippen LogP contribution in [0.25, 0.3) is 0 Å². The summed E-state index contributed by atoms with van der Waals surface area (Å²) in [5, 5.41) is 3.53. The van der Waals surface area contributed by atoms with Crippen LogP contribution in [0.5, 0.6) is 5.88 Å². The lowest BCUT2D eigenvalue weighted by atomic mass is 9.98. The quantitative estimate of drug-likeness (QED) is 0.875.